The maximum absolute atomic E-state index is 10.3. The molecule has 0 unspecified atom stereocenters. The SMILES string of the molecule is CC(C)(O)C(C)(C)OB(O)c1ncsc1-c1cncnc1. The Hall–Kier alpha value is -1.35. The summed E-state index contributed by atoms with van der Waals surface area (Å²) in [5.41, 5.74) is 0.729. The Morgan fingerprint density at radius 3 is 2.38 bits per heavy atom. The van der Waals surface area contributed by atoms with Crippen LogP contribution in [-0.4, -0.2) is 43.4 Å². The smallest absolute Gasteiger partial charge is 0.422 e. The second-order valence-corrected chi connectivity index (χ2v) is 6.59. The molecule has 112 valence electrons. The molecule has 0 saturated heterocycles. The number of rotatable bonds is 5. The van der Waals surface area contributed by atoms with Gasteiger partial charge in [0.1, 0.15) is 6.33 Å². The van der Waals surface area contributed by atoms with Gasteiger partial charge in [0.25, 0.3) is 0 Å². The summed E-state index contributed by atoms with van der Waals surface area (Å²) in [7, 11) is -1.24. The second-order valence-electron chi connectivity index (χ2n) is 5.73. The Bertz CT molecular complexity index is 598. The summed E-state index contributed by atoms with van der Waals surface area (Å²) in [5.74, 6) is 0. The normalized spacial score (nSPS) is 12.5. The minimum Gasteiger partial charge on any atom is -0.422 e. The first kappa shape index (κ1) is 16.0. The van der Waals surface area contributed by atoms with Crippen LogP contribution >= 0.6 is 11.3 Å². The Balaban J connectivity index is 2.26. The van der Waals surface area contributed by atoms with Gasteiger partial charge < -0.3 is 14.8 Å². The van der Waals surface area contributed by atoms with Crippen molar-refractivity contribution in [2.24, 2.45) is 0 Å². The highest BCUT2D eigenvalue weighted by atomic mass is 32.1. The average molecular weight is 307 g/mol. The molecule has 2 N–H and O–H groups in total. The lowest BCUT2D eigenvalue weighted by Gasteiger charge is -2.38. The summed E-state index contributed by atoms with van der Waals surface area (Å²) in [6.07, 6.45) is 4.74. The fourth-order valence-corrected chi connectivity index (χ4v) is 2.33. The number of aliphatic hydroxyl groups is 1. The van der Waals surface area contributed by atoms with Crippen molar-refractivity contribution >= 4 is 24.0 Å². The fourth-order valence-electron chi connectivity index (χ4n) is 1.54. The standard InChI is InChI=1S/C13H18BN3O3S/c1-12(2,18)13(3,4)20-14(19)11-10(21-8-17-11)9-5-15-7-16-6-9/h5-8,18-19H,1-4H3. The Morgan fingerprint density at radius 1 is 1.19 bits per heavy atom. The minimum atomic E-state index is -1.24. The van der Waals surface area contributed by atoms with Crippen LogP contribution in [0.4, 0.5) is 0 Å². The highest BCUT2D eigenvalue weighted by Crippen LogP contribution is 2.26. The van der Waals surface area contributed by atoms with E-state index < -0.39 is 18.3 Å². The van der Waals surface area contributed by atoms with Gasteiger partial charge in [-0.3, -0.25) is 4.98 Å². The van der Waals surface area contributed by atoms with Gasteiger partial charge >= 0.3 is 7.12 Å². The van der Waals surface area contributed by atoms with Crippen LogP contribution < -0.4 is 5.59 Å². The number of nitrogens with zero attached hydrogens (tertiary/aromatic N) is 3. The van der Waals surface area contributed by atoms with E-state index in [1.165, 1.54) is 17.7 Å². The number of hydrogen-bond acceptors (Lipinski definition) is 7. The van der Waals surface area contributed by atoms with Gasteiger partial charge in [-0.25, -0.2) is 9.97 Å². The monoisotopic (exact) mass is 307 g/mol. The third-order valence-electron chi connectivity index (χ3n) is 3.53. The highest BCUT2D eigenvalue weighted by molar-refractivity contribution is 7.14. The Kier molecular flexibility index (Phi) is 4.43. The molecular weight excluding hydrogens is 289 g/mol. The topological polar surface area (TPSA) is 88.4 Å². The Labute approximate surface area is 128 Å². The summed E-state index contributed by atoms with van der Waals surface area (Å²) < 4.78 is 5.62. The van der Waals surface area contributed by atoms with E-state index in [1.807, 2.05) is 0 Å². The molecule has 21 heavy (non-hydrogen) atoms. The molecule has 0 fully saturated rings. The summed E-state index contributed by atoms with van der Waals surface area (Å²) >= 11 is 1.37. The van der Waals surface area contributed by atoms with Crippen LogP contribution in [-0.2, 0) is 4.65 Å². The van der Waals surface area contributed by atoms with Gasteiger partial charge in [0, 0.05) is 18.0 Å². The quantitative estimate of drug-likeness (QED) is 0.796. The second kappa shape index (κ2) is 5.80. The number of hydrogen-bond donors (Lipinski definition) is 2. The molecule has 2 heterocycles. The van der Waals surface area contributed by atoms with Crippen LogP contribution in [0.3, 0.4) is 0 Å². The first-order valence-electron chi connectivity index (χ1n) is 6.49. The molecule has 0 spiro atoms. The summed E-state index contributed by atoms with van der Waals surface area (Å²) in [4.78, 5) is 12.8. The zero-order valence-electron chi connectivity index (χ0n) is 12.4. The van der Waals surface area contributed by atoms with Gasteiger partial charge in [0.15, 0.2) is 0 Å². The molecule has 0 aliphatic heterocycles. The van der Waals surface area contributed by atoms with Crippen molar-refractivity contribution in [1.82, 2.24) is 15.0 Å². The molecule has 0 saturated carbocycles. The highest BCUT2D eigenvalue weighted by Gasteiger charge is 2.40. The van der Waals surface area contributed by atoms with E-state index >= 15 is 0 Å². The molecule has 0 aliphatic carbocycles. The zero-order valence-corrected chi connectivity index (χ0v) is 13.3. The molecule has 6 nitrogen and oxygen atoms in total. The largest absolute Gasteiger partial charge is 0.512 e. The maximum atomic E-state index is 10.3. The van der Waals surface area contributed by atoms with E-state index in [9.17, 15) is 10.1 Å². The molecule has 0 atom stereocenters. The molecule has 2 rings (SSSR count). The lowest BCUT2D eigenvalue weighted by Crippen LogP contribution is -2.53. The number of thiazole rings is 1. The van der Waals surface area contributed by atoms with Crippen molar-refractivity contribution < 1.29 is 14.8 Å². The average Bonchev–Trinajstić information content (AvgIpc) is 2.87. The molecule has 8 heteroatoms. The Morgan fingerprint density at radius 2 is 1.81 bits per heavy atom. The molecule has 0 amide bonds. The molecule has 2 aromatic heterocycles. The van der Waals surface area contributed by atoms with Crippen LogP contribution in [0.2, 0.25) is 0 Å². The van der Waals surface area contributed by atoms with Gasteiger partial charge in [-0.1, -0.05) is 0 Å². The lowest BCUT2D eigenvalue weighted by molar-refractivity contribution is -0.0983. The minimum absolute atomic E-state index is 0.395. The molecule has 0 aliphatic rings. The van der Waals surface area contributed by atoms with Gasteiger partial charge in [-0.2, -0.15) is 0 Å². The molecule has 0 aromatic carbocycles. The summed E-state index contributed by atoms with van der Waals surface area (Å²) in [5, 5.41) is 20.4. The summed E-state index contributed by atoms with van der Waals surface area (Å²) in [6, 6.07) is 0. The first-order valence-corrected chi connectivity index (χ1v) is 7.37. The van der Waals surface area contributed by atoms with Crippen LogP contribution in [0.1, 0.15) is 27.7 Å². The van der Waals surface area contributed by atoms with E-state index in [0.29, 0.717) is 5.59 Å². The molecule has 0 bridgehead atoms. The van der Waals surface area contributed by atoms with Crippen molar-refractivity contribution in [3.05, 3.63) is 24.2 Å². The van der Waals surface area contributed by atoms with Crippen molar-refractivity contribution in [3.8, 4) is 10.4 Å². The predicted molar refractivity (Wildman–Crippen MR) is 82.2 cm³/mol. The van der Waals surface area contributed by atoms with Gasteiger partial charge in [-0.05, 0) is 27.7 Å². The van der Waals surface area contributed by atoms with Crippen LogP contribution in [0.15, 0.2) is 24.2 Å². The van der Waals surface area contributed by atoms with E-state index in [2.05, 4.69) is 15.0 Å². The van der Waals surface area contributed by atoms with Crippen LogP contribution in [0, 0.1) is 0 Å². The van der Waals surface area contributed by atoms with E-state index in [-0.39, 0.29) is 0 Å². The van der Waals surface area contributed by atoms with E-state index in [4.69, 9.17) is 4.65 Å². The van der Waals surface area contributed by atoms with Crippen molar-refractivity contribution in [2.45, 2.75) is 38.9 Å². The fraction of sp³-hybridized carbons (Fsp3) is 0.462. The lowest BCUT2D eigenvalue weighted by atomic mass is 9.79. The zero-order chi connectivity index (χ0) is 15.7. The first-order chi connectivity index (χ1) is 9.72. The molecular formula is C13H18BN3O3S. The van der Waals surface area contributed by atoms with E-state index in [1.54, 1.807) is 45.6 Å². The van der Waals surface area contributed by atoms with Gasteiger partial charge in [0.05, 0.1) is 27.2 Å². The number of aromatic nitrogens is 3. The van der Waals surface area contributed by atoms with Crippen molar-refractivity contribution in [2.75, 3.05) is 0 Å². The third-order valence-corrected chi connectivity index (χ3v) is 4.42. The van der Waals surface area contributed by atoms with Crippen molar-refractivity contribution in [3.63, 3.8) is 0 Å². The van der Waals surface area contributed by atoms with Gasteiger partial charge in [0.2, 0.25) is 0 Å². The van der Waals surface area contributed by atoms with Crippen LogP contribution in [0.5, 0.6) is 0 Å². The third kappa shape index (κ3) is 3.46. The summed E-state index contributed by atoms with van der Waals surface area (Å²) in [6.45, 7) is 6.70. The van der Waals surface area contributed by atoms with Crippen molar-refractivity contribution in [1.29, 1.82) is 0 Å². The maximum Gasteiger partial charge on any atom is 0.512 e. The van der Waals surface area contributed by atoms with E-state index in [0.717, 1.165) is 10.4 Å². The predicted octanol–water partition coefficient (Wildman–Crippen LogP) is 0.854. The van der Waals surface area contributed by atoms with Crippen LogP contribution in [0.25, 0.3) is 10.4 Å². The molecule has 2 aromatic rings. The van der Waals surface area contributed by atoms with Gasteiger partial charge in [-0.15, -0.1) is 11.3 Å². The molecule has 0 radical (unpaired) electrons.